The Balaban J connectivity index is 1.96. The van der Waals surface area contributed by atoms with Gasteiger partial charge in [-0.05, 0) is 52.2 Å². The van der Waals surface area contributed by atoms with Crippen LogP contribution in [0.1, 0.15) is 40.0 Å². The summed E-state index contributed by atoms with van der Waals surface area (Å²) in [5, 5.41) is 3.30. The fourth-order valence-electron chi connectivity index (χ4n) is 2.11. The number of anilines is 2. The third-order valence-corrected chi connectivity index (χ3v) is 3.08. The summed E-state index contributed by atoms with van der Waals surface area (Å²) in [5.41, 5.74) is 6.14. The second-order valence-corrected chi connectivity index (χ2v) is 6.17. The molecule has 2 heterocycles. The molecule has 0 aliphatic carbocycles. The zero-order valence-electron chi connectivity index (χ0n) is 12.6. The van der Waals surface area contributed by atoms with Crippen molar-refractivity contribution in [2.75, 3.05) is 24.2 Å². The highest BCUT2D eigenvalue weighted by Crippen LogP contribution is 2.25. The van der Waals surface area contributed by atoms with E-state index < -0.39 is 0 Å². The van der Waals surface area contributed by atoms with Crippen molar-refractivity contribution < 1.29 is 9.47 Å². The lowest BCUT2D eigenvalue weighted by molar-refractivity contribution is 0.0247. The Morgan fingerprint density at radius 1 is 1.40 bits per heavy atom. The average Bonchev–Trinajstić information content (AvgIpc) is 2.39. The summed E-state index contributed by atoms with van der Waals surface area (Å²) in [5.74, 6) is 1.25. The third-order valence-electron chi connectivity index (χ3n) is 3.08. The van der Waals surface area contributed by atoms with Gasteiger partial charge in [0, 0.05) is 13.2 Å². The molecule has 1 aliphatic rings. The minimum Gasteiger partial charge on any atom is -0.470 e. The number of aromatic nitrogens is 1. The fraction of sp³-hybridized carbons (Fsp3) is 0.667. The van der Waals surface area contributed by atoms with E-state index in [1.807, 2.05) is 32.9 Å². The van der Waals surface area contributed by atoms with Crippen LogP contribution in [0.3, 0.4) is 0 Å². The number of nitrogens with two attached hydrogens (primary N) is 1. The molecule has 20 heavy (non-hydrogen) atoms. The smallest absolute Gasteiger partial charge is 0.239 e. The van der Waals surface area contributed by atoms with Gasteiger partial charge in [-0.2, -0.15) is 4.98 Å². The van der Waals surface area contributed by atoms with Crippen LogP contribution in [0.2, 0.25) is 0 Å². The summed E-state index contributed by atoms with van der Waals surface area (Å²) >= 11 is 0. The SMILES string of the molecule is CC(C)(C)Oc1nc(NCC2CCCCO2)ccc1N. The summed E-state index contributed by atoms with van der Waals surface area (Å²) in [7, 11) is 0. The van der Waals surface area contributed by atoms with Gasteiger partial charge in [0.1, 0.15) is 11.4 Å². The van der Waals surface area contributed by atoms with Crippen molar-refractivity contribution in [3.05, 3.63) is 12.1 Å². The fourth-order valence-corrected chi connectivity index (χ4v) is 2.11. The molecule has 1 aliphatic heterocycles. The minimum atomic E-state index is -0.313. The molecule has 5 heteroatoms. The van der Waals surface area contributed by atoms with Crippen LogP contribution in [-0.2, 0) is 4.74 Å². The van der Waals surface area contributed by atoms with Crippen molar-refractivity contribution in [1.82, 2.24) is 4.98 Å². The maximum atomic E-state index is 5.90. The summed E-state index contributed by atoms with van der Waals surface area (Å²) in [6.07, 6.45) is 3.78. The summed E-state index contributed by atoms with van der Waals surface area (Å²) in [4.78, 5) is 4.43. The Morgan fingerprint density at radius 2 is 2.20 bits per heavy atom. The van der Waals surface area contributed by atoms with Gasteiger partial charge in [0.2, 0.25) is 5.88 Å². The van der Waals surface area contributed by atoms with Gasteiger partial charge in [-0.1, -0.05) is 0 Å². The second kappa shape index (κ2) is 6.31. The van der Waals surface area contributed by atoms with E-state index in [1.54, 1.807) is 0 Å². The molecular formula is C15H25N3O2. The van der Waals surface area contributed by atoms with Crippen molar-refractivity contribution in [2.45, 2.75) is 51.7 Å². The predicted octanol–water partition coefficient (Wildman–Crippen LogP) is 2.82. The van der Waals surface area contributed by atoms with E-state index in [2.05, 4.69) is 10.3 Å². The van der Waals surface area contributed by atoms with Crippen LogP contribution in [0, 0.1) is 0 Å². The first-order chi connectivity index (χ1) is 9.44. The van der Waals surface area contributed by atoms with E-state index in [-0.39, 0.29) is 11.7 Å². The molecule has 1 unspecified atom stereocenters. The Labute approximate surface area is 120 Å². The van der Waals surface area contributed by atoms with Gasteiger partial charge in [-0.25, -0.2) is 0 Å². The third kappa shape index (κ3) is 4.56. The van der Waals surface area contributed by atoms with E-state index in [4.69, 9.17) is 15.2 Å². The van der Waals surface area contributed by atoms with Gasteiger partial charge >= 0.3 is 0 Å². The molecule has 1 atom stereocenters. The number of hydrogen-bond acceptors (Lipinski definition) is 5. The summed E-state index contributed by atoms with van der Waals surface area (Å²) in [6, 6.07) is 3.69. The first-order valence-electron chi connectivity index (χ1n) is 7.25. The van der Waals surface area contributed by atoms with Crippen molar-refractivity contribution in [2.24, 2.45) is 0 Å². The van der Waals surface area contributed by atoms with Gasteiger partial charge in [-0.15, -0.1) is 0 Å². The van der Waals surface area contributed by atoms with E-state index >= 15 is 0 Å². The number of nitrogens with zero attached hydrogens (tertiary/aromatic N) is 1. The van der Waals surface area contributed by atoms with E-state index in [9.17, 15) is 0 Å². The largest absolute Gasteiger partial charge is 0.470 e. The van der Waals surface area contributed by atoms with Crippen molar-refractivity contribution >= 4 is 11.5 Å². The van der Waals surface area contributed by atoms with E-state index in [1.165, 1.54) is 12.8 Å². The van der Waals surface area contributed by atoms with Gasteiger partial charge in [0.25, 0.3) is 0 Å². The summed E-state index contributed by atoms with van der Waals surface area (Å²) in [6.45, 7) is 7.56. The Kier molecular flexibility index (Phi) is 4.70. The highest BCUT2D eigenvalue weighted by molar-refractivity contribution is 5.53. The Hall–Kier alpha value is -1.49. The van der Waals surface area contributed by atoms with Crippen LogP contribution in [0.25, 0.3) is 0 Å². The zero-order valence-corrected chi connectivity index (χ0v) is 12.6. The molecule has 3 N–H and O–H groups in total. The minimum absolute atomic E-state index is 0.273. The average molecular weight is 279 g/mol. The molecule has 0 spiro atoms. The Bertz CT molecular complexity index is 437. The molecule has 0 bridgehead atoms. The monoisotopic (exact) mass is 279 g/mol. The number of hydrogen-bond donors (Lipinski definition) is 2. The van der Waals surface area contributed by atoms with Crippen LogP contribution in [0.5, 0.6) is 5.88 Å². The van der Waals surface area contributed by atoms with Gasteiger partial charge < -0.3 is 20.5 Å². The van der Waals surface area contributed by atoms with Gasteiger partial charge in [0.15, 0.2) is 0 Å². The lowest BCUT2D eigenvalue weighted by atomic mass is 10.1. The quantitative estimate of drug-likeness (QED) is 0.887. The topological polar surface area (TPSA) is 69.4 Å². The molecule has 1 aromatic rings. The van der Waals surface area contributed by atoms with E-state index in [0.29, 0.717) is 11.6 Å². The molecule has 0 radical (unpaired) electrons. The van der Waals surface area contributed by atoms with Crippen molar-refractivity contribution in [3.63, 3.8) is 0 Å². The first-order valence-corrected chi connectivity index (χ1v) is 7.25. The molecule has 112 valence electrons. The molecule has 5 nitrogen and oxygen atoms in total. The molecule has 0 aromatic carbocycles. The van der Waals surface area contributed by atoms with E-state index in [0.717, 1.165) is 25.4 Å². The number of nitrogen functional groups attached to an aromatic ring is 1. The number of ether oxygens (including phenoxy) is 2. The number of rotatable bonds is 4. The van der Waals surface area contributed by atoms with Gasteiger partial charge in [0.05, 0.1) is 11.8 Å². The van der Waals surface area contributed by atoms with Crippen LogP contribution >= 0.6 is 0 Å². The highest BCUT2D eigenvalue weighted by Gasteiger charge is 2.17. The van der Waals surface area contributed by atoms with Gasteiger partial charge in [-0.3, -0.25) is 0 Å². The molecule has 1 fully saturated rings. The molecule has 1 saturated heterocycles. The first kappa shape index (κ1) is 14.9. The van der Waals surface area contributed by atoms with Crippen LogP contribution in [-0.4, -0.2) is 29.8 Å². The maximum Gasteiger partial charge on any atom is 0.239 e. The number of pyridine rings is 1. The zero-order chi connectivity index (χ0) is 14.6. The Morgan fingerprint density at radius 3 is 2.85 bits per heavy atom. The molecule has 1 aromatic heterocycles. The number of nitrogens with one attached hydrogen (secondary N) is 1. The molecule has 2 rings (SSSR count). The molecular weight excluding hydrogens is 254 g/mol. The summed E-state index contributed by atoms with van der Waals surface area (Å²) < 4.78 is 11.4. The maximum absolute atomic E-state index is 5.90. The van der Waals surface area contributed by atoms with Crippen LogP contribution < -0.4 is 15.8 Å². The molecule has 0 amide bonds. The van der Waals surface area contributed by atoms with Crippen LogP contribution in [0.4, 0.5) is 11.5 Å². The lowest BCUT2D eigenvalue weighted by Gasteiger charge is -2.24. The second-order valence-electron chi connectivity index (χ2n) is 6.17. The lowest BCUT2D eigenvalue weighted by Crippen LogP contribution is -2.27. The van der Waals surface area contributed by atoms with Crippen molar-refractivity contribution in [1.29, 1.82) is 0 Å². The normalized spacial score (nSPS) is 19.6. The molecule has 0 saturated carbocycles. The standard InChI is InChI=1S/C15H25N3O2/c1-15(2,3)20-14-12(16)7-8-13(18-14)17-10-11-6-4-5-9-19-11/h7-8,11H,4-6,9-10,16H2,1-3H3,(H,17,18). The van der Waals surface area contributed by atoms with Crippen LogP contribution in [0.15, 0.2) is 12.1 Å². The highest BCUT2D eigenvalue weighted by atomic mass is 16.5. The van der Waals surface area contributed by atoms with Crippen molar-refractivity contribution in [3.8, 4) is 5.88 Å². The predicted molar refractivity (Wildman–Crippen MR) is 81.1 cm³/mol.